The molecule has 1 rings (SSSR count). The molecule has 0 aromatic carbocycles. The molecule has 118 valence electrons. The summed E-state index contributed by atoms with van der Waals surface area (Å²) in [6.45, 7) is 10.0. The van der Waals surface area contributed by atoms with Gasteiger partial charge in [0.25, 0.3) is 5.91 Å². The van der Waals surface area contributed by atoms with Gasteiger partial charge >= 0.3 is 0 Å². The smallest absolute Gasteiger partial charge is 0.254 e. The minimum Gasteiger partial charge on any atom is -0.383 e. The van der Waals surface area contributed by atoms with Crippen molar-refractivity contribution < 1.29 is 9.53 Å². The van der Waals surface area contributed by atoms with Gasteiger partial charge in [-0.25, -0.2) is 4.98 Å². The van der Waals surface area contributed by atoms with Gasteiger partial charge in [-0.1, -0.05) is 6.92 Å². The van der Waals surface area contributed by atoms with Crippen LogP contribution in [0, 0.1) is 6.92 Å². The SMILES string of the molecule is CCCNc1cc(C(=O)N(CCOC)C(C)C)cc(C)n1. The molecule has 5 heteroatoms. The average molecular weight is 293 g/mol. The Morgan fingerprint density at radius 2 is 2.14 bits per heavy atom. The Bertz CT molecular complexity index is 461. The number of pyridine rings is 1. The van der Waals surface area contributed by atoms with Crippen LogP contribution in [0.4, 0.5) is 5.82 Å². The lowest BCUT2D eigenvalue weighted by Gasteiger charge is -2.26. The minimum atomic E-state index is 0.0205. The molecule has 0 fully saturated rings. The number of carbonyl (C=O) groups is 1. The van der Waals surface area contributed by atoms with E-state index in [0.717, 1.165) is 24.5 Å². The molecule has 0 bridgehead atoms. The van der Waals surface area contributed by atoms with E-state index in [2.05, 4.69) is 17.2 Å². The van der Waals surface area contributed by atoms with E-state index in [-0.39, 0.29) is 11.9 Å². The van der Waals surface area contributed by atoms with E-state index < -0.39 is 0 Å². The summed E-state index contributed by atoms with van der Waals surface area (Å²) in [6, 6.07) is 3.79. The molecule has 0 spiro atoms. The number of rotatable bonds is 8. The monoisotopic (exact) mass is 293 g/mol. The van der Waals surface area contributed by atoms with Gasteiger partial charge in [-0.05, 0) is 39.3 Å². The molecule has 0 atom stereocenters. The number of ether oxygens (including phenoxy) is 1. The van der Waals surface area contributed by atoms with E-state index in [1.807, 2.05) is 37.8 Å². The number of anilines is 1. The number of aromatic nitrogens is 1. The Hall–Kier alpha value is -1.62. The van der Waals surface area contributed by atoms with Gasteiger partial charge in [-0.2, -0.15) is 0 Å². The maximum atomic E-state index is 12.7. The molecule has 0 saturated heterocycles. The third kappa shape index (κ3) is 5.34. The summed E-state index contributed by atoms with van der Waals surface area (Å²) in [5, 5.41) is 3.24. The van der Waals surface area contributed by atoms with Crippen LogP contribution in [0.5, 0.6) is 0 Å². The second kappa shape index (κ2) is 8.62. The Kier molecular flexibility index (Phi) is 7.15. The second-order valence-electron chi connectivity index (χ2n) is 5.39. The zero-order chi connectivity index (χ0) is 15.8. The summed E-state index contributed by atoms with van der Waals surface area (Å²) in [4.78, 5) is 18.9. The van der Waals surface area contributed by atoms with Crippen LogP contribution in [0.1, 0.15) is 43.2 Å². The lowest BCUT2D eigenvalue weighted by Crippen LogP contribution is -2.39. The molecule has 21 heavy (non-hydrogen) atoms. The molecule has 1 heterocycles. The molecule has 0 radical (unpaired) electrons. The van der Waals surface area contributed by atoms with Crippen LogP contribution in [-0.2, 0) is 4.74 Å². The zero-order valence-corrected chi connectivity index (χ0v) is 13.8. The first-order valence-electron chi connectivity index (χ1n) is 7.52. The van der Waals surface area contributed by atoms with Crippen LogP contribution < -0.4 is 5.32 Å². The fraction of sp³-hybridized carbons (Fsp3) is 0.625. The highest BCUT2D eigenvalue weighted by atomic mass is 16.5. The average Bonchev–Trinajstić information content (AvgIpc) is 2.44. The molecule has 1 N–H and O–H groups in total. The number of hydrogen-bond acceptors (Lipinski definition) is 4. The first kappa shape index (κ1) is 17.4. The van der Waals surface area contributed by atoms with Gasteiger partial charge in [-0.3, -0.25) is 4.79 Å². The van der Waals surface area contributed by atoms with E-state index in [1.54, 1.807) is 7.11 Å². The van der Waals surface area contributed by atoms with Crippen LogP contribution in [0.3, 0.4) is 0 Å². The van der Waals surface area contributed by atoms with Gasteiger partial charge < -0.3 is 15.0 Å². The van der Waals surface area contributed by atoms with Crippen molar-refractivity contribution in [2.24, 2.45) is 0 Å². The van der Waals surface area contributed by atoms with Crippen LogP contribution in [0.25, 0.3) is 0 Å². The van der Waals surface area contributed by atoms with E-state index in [9.17, 15) is 4.79 Å². The molecule has 1 aromatic heterocycles. The van der Waals surface area contributed by atoms with Crippen molar-refractivity contribution in [1.82, 2.24) is 9.88 Å². The number of nitrogens with zero attached hydrogens (tertiary/aromatic N) is 2. The van der Waals surface area contributed by atoms with Gasteiger partial charge in [0.1, 0.15) is 5.82 Å². The van der Waals surface area contributed by atoms with E-state index in [1.165, 1.54) is 0 Å². The lowest BCUT2D eigenvalue weighted by molar-refractivity contribution is 0.0635. The van der Waals surface area contributed by atoms with Crippen LogP contribution in [0.2, 0.25) is 0 Å². The molecule has 0 aliphatic heterocycles. The zero-order valence-electron chi connectivity index (χ0n) is 13.8. The molecule has 0 unspecified atom stereocenters. The van der Waals surface area contributed by atoms with Crippen molar-refractivity contribution in [2.45, 2.75) is 40.2 Å². The molecule has 1 aromatic rings. The maximum absolute atomic E-state index is 12.7. The highest BCUT2D eigenvalue weighted by Gasteiger charge is 2.19. The number of carbonyl (C=O) groups excluding carboxylic acids is 1. The summed E-state index contributed by atoms with van der Waals surface area (Å²) >= 11 is 0. The largest absolute Gasteiger partial charge is 0.383 e. The van der Waals surface area contributed by atoms with Crippen molar-refractivity contribution in [2.75, 3.05) is 32.1 Å². The number of nitrogens with one attached hydrogen (secondary N) is 1. The van der Waals surface area contributed by atoms with Gasteiger partial charge in [0, 0.05) is 37.5 Å². The van der Waals surface area contributed by atoms with Crippen LogP contribution in [-0.4, -0.2) is 48.6 Å². The third-order valence-electron chi connectivity index (χ3n) is 3.18. The summed E-state index contributed by atoms with van der Waals surface area (Å²) in [7, 11) is 1.65. The van der Waals surface area contributed by atoms with Crippen molar-refractivity contribution in [3.05, 3.63) is 23.4 Å². The van der Waals surface area contributed by atoms with Gasteiger partial charge in [0.2, 0.25) is 0 Å². The number of hydrogen-bond donors (Lipinski definition) is 1. The quantitative estimate of drug-likeness (QED) is 0.800. The molecule has 0 aliphatic rings. The van der Waals surface area contributed by atoms with E-state index in [0.29, 0.717) is 18.7 Å². The molecular formula is C16H27N3O2. The summed E-state index contributed by atoms with van der Waals surface area (Å²) in [5.41, 5.74) is 1.51. The van der Waals surface area contributed by atoms with Crippen molar-refractivity contribution in [1.29, 1.82) is 0 Å². The van der Waals surface area contributed by atoms with Crippen LogP contribution in [0.15, 0.2) is 12.1 Å². The van der Waals surface area contributed by atoms with E-state index in [4.69, 9.17) is 4.74 Å². The van der Waals surface area contributed by atoms with Crippen molar-refractivity contribution >= 4 is 11.7 Å². The highest BCUT2D eigenvalue weighted by molar-refractivity contribution is 5.95. The van der Waals surface area contributed by atoms with Crippen molar-refractivity contribution in [3.63, 3.8) is 0 Å². The topological polar surface area (TPSA) is 54.5 Å². The predicted octanol–water partition coefficient (Wildman–Crippen LogP) is 2.71. The first-order chi connectivity index (χ1) is 9.99. The molecule has 0 saturated carbocycles. The number of amides is 1. The van der Waals surface area contributed by atoms with Crippen LogP contribution >= 0.6 is 0 Å². The standard InChI is InChI=1S/C16H27N3O2/c1-6-7-17-15-11-14(10-13(4)18-15)16(20)19(12(2)3)8-9-21-5/h10-12H,6-9H2,1-5H3,(H,17,18). The number of aryl methyl sites for hydroxylation is 1. The molecule has 1 amide bonds. The number of methoxy groups -OCH3 is 1. The van der Waals surface area contributed by atoms with Gasteiger partial charge in [0.15, 0.2) is 0 Å². The Morgan fingerprint density at radius 1 is 1.43 bits per heavy atom. The second-order valence-corrected chi connectivity index (χ2v) is 5.39. The summed E-state index contributed by atoms with van der Waals surface area (Å²) < 4.78 is 5.09. The third-order valence-corrected chi connectivity index (χ3v) is 3.18. The predicted molar refractivity (Wildman–Crippen MR) is 85.8 cm³/mol. The Balaban J connectivity index is 2.95. The Morgan fingerprint density at radius 3 is 2.71 bits per heavy atom. The minimum absolute atomic E-state index is 0.0205. The summed E-state index contributed by atoms with van der Waals surface area (Å²) in [5.74, 6) is 0.780. The molecular weight excluding hydrogens is 266 g/mol. The lowest BCUT2D eigenvalue weighted by atomic mass is 10.1. The maximum Gasteiger partial charge on any atom is 0.254 e. The normalized spacial score (nSPS) is 10.8. The summed E-state index contributed by atoms with van der Waals surface area (Å²) in [6.07, 6.45) is 1.02. The van der Waals surface area contributed by atoms with Gasteiger partial charge in [-0.15, -0.1) is 0 Å². The van der Waals surface area contributed by atoms with Gasteiger partial charge in [0.05, 0.1) is 6.61 Å². The highest BCUT2D eigenvalue weighted by Crippen LogP contribution is 2.14. The molecule has 5 nitrogen and oxygen atoms in total. The Labute approximate surface area is 127 Å². The van der Waals surface area contributed by atoms with E-state index >= 15 is 0 Å². The fourth-order valence-corrected chi connectivity index (χ4v) is 2.09. The first-order valence-corrected chi connectivity index (χ1v) is 7.52. The molecule has 0 aliphatic carbocycles. The van der Waals surface area contributed by atoms with Crippen molar-refractivity contribution in [3.8, 4) is 0 Å². The fourth-order valence-electron chi connectivity index (χ4n) is 2.09.